The van der Waals surface area contributed by atoms with Gasteiger partial charge in [-0.25, -0.2) is 9.97 Å². The predicted octanol–water partition coefficient (Wildman–Crippen LogP) is 3.07. The molecule has 2 aromatic rings. The number of benzene rings is 1. The van der Waals surface area contributed by atoms with Crippen LogP contribution < -0.4 is 10.6 Å². The van der Waals surface area contributed by atoms with Gasteiger partial charge in [0.25, 0.3) is 0 Å². The molecule has 0 bridgehead atoms. The van der Waals surface area contributed by atoms with Crippen molar-refractivity contribution >= 4 is 29.0 Å². The molecule has 4 N–H and O–H groups in total. The molecule has 2 heterocycles. The second kappa shape index (κ2) is 7.11. The van der Waals surface area contributed by atoms with Crippen molar-refractivity contribution in [2.75, 3.05) is 18.0 Å². The molecule has 0 radical (unpaired) electrons. The lowest BCUT2D eigenvalue weighted by Gasteiger charge is -2.42. The van der Waals surface area contributed by atoms with E-state index in [-0.39, 0.29) is 6.61 Å². The maximum Gasteiger partial charge on any atom is 0.153 e. The lowest BCUT2D eigenvalue weighted by molar-refractivity contribution is -0.0180. The van der Waals surface area contributed by atoms with Gasteiger partial charge in [-0.05, 0) is 38.7 Å². The van der Waals surface area contributed by atoms with Crippen LogP contribution in [0.5, 0.6) is 0 Å². The van der Waals surface area contributed by atoms with Crippen molar-refractivity contribution in [1.29, 1.82) is 0 Å². The number of aromatic nitrogens is 2. The molecule has 6 nitrogen and oxygen atoms in total. The van der Waals surface area contributed by atoms with E-state index in [1.807, 2.05) is 19.1 Å². The summed E-state index contributed by atoms with van der Waals surface area (Å²) in [4.78, 5) is 11.4. The molecule has 1 aliphatic heterocycles. The fraction of sp³-hybridized carbons (Fsp3) is 0.500. The summed E-state index contributed by atoms with van der Waals surface area (Å²) >= 11 is 12.5. The normalized spacial score (nSPS) is 20.3. The lowest BCUT2D eigenvalue weighted by atomic mass is 9.82. The molecular formula is C20H24Cl2N4O2. The van der Waals surface area contributed by atoms with Crippen LogP contribution in [0.25, 0.3) is 11.3 Å². The molecule has 150 valence electrons. The zero-order chi connectivity index (χ0) is 20.1. The molecule has 0 unspecified atom stereocenters. The van der Waals surface area contributed by atoms with E-state index in [1.54, 1.807) is 6.07 Å². The molecule has 1 saturated heterocycles. The number of nitrogens with zero attached hydrogens (tertiary/aromatic N) is 3. The Morgan fingerprint density at radius 3 is 2.43 bits per heavy atom. The fourth-order valence-electron chi connectivity index (χ4n) is 4.03. The van der Waals surface area contributed by atoms with Crippen molar-refractivity contribution in [3.8, 4) is 11.3 Å². The third-order valence-electron chi connectivity index (χ3n) is 6.08. The van der Waals surface area contributed by atoms with E-state index in [9.17, 15) is 10.2 Å². The first-order valence-corrected chi connectivity index (χ1v) is 10.2. The Morgan fingerprint density at radius 1 is 1.14 bits per heavy atom. The Hall–Kier alpha value is -1.44. The average molecular weight is 423 g/mol. The number of piperidine rings is 1. The number of aliphatic hydroxyl groups excluding tert-OH is 1. The van der Waals surface area contributed by atoms with Gasteiger partial charge in [0.2, 0.25) is 0 Å². The molecule has 0 amide bonds. The lowest BCUT2D eigenvalue weighted by Crippen LogP contribution is -2.57. The molecule has 1 aromatic carbocycles. The van der Waals surface area contributed by atoms with Gasteiger partial charge in [-0.2, -0.15) is 0 Å². The Kier molecular flexibility index (Phi) is 5.04. The van der Waals surface area contributed by atoms with Gasteiger partial charge in [0, 0.05) is 24.2 Å². The molecule has 1 aliphatic carbocycles. The number of halogens is 2. The van der Waals surface area contributed by atoms with Gasteiger partial charge < -0.3 is 20.8 Å². The second-order valence-corrected chi connectivity index (χ2v) is 8.65. The van der Waals surface area contributed by atoms with Crippen LogP contribution in [-0.2, 0) is 6.61 Å². The minimum Gasteiger partial charge on any atom is -0.390 e. The summed E-state index contributed by atoms with van der Waals surface area (Å²) < 4.78 is 0. The van der Waals surface area contributed by atoms with Crippen LogP contribution in [0.1, 0.15) is 37.1 Å². The predicted molar refractivity (Wildman–Crippen MR) is 111 cm³/mol. The smallest absolute Gasteiger partial charge is 0.153 e. The van der Waals surface area contributed by atoms with Crippen LogP contribution in [0.15, 0.2) is 18.2 Å². The van der Waals surface area contributed by atoms with Crippen molar-refractivity contribution in [3.63, 3.8) is 0 Å². The summed E-state index contributed by atoms with van der Waals surface area (Å²) in [6, 6.07) is 5.36. The highest BCUT2D eigenvalue weighted by atomic mass is 35.5. The molecule has 1 aromatic heterocycles. The monoisotopic (exact) mass is 422 g/mol. The third kappa shape index (κ3) is 3.27. The zero-order valence-electron chi connectivity index (χ0n) is 15.8. The molecule has 1 saturated carbocycles. The van der Waals surface area contributed by atoms with E-state index in [0.717, 1.165) is 12.8 Å². The van der Waals surface area contributed by atoms with E-state index in [2.05, 4.69) is 9.88 Å². The van der Waals surface area contributed by atoms with Crippen molar-refractivity contribution in [3.05, 3.63) is 39.6 Å². The second-order valence-electron chi connectivity index (χ2n) is 7.86. The van der Waals surface area contributed by atoms with E-state index < -0.39 is 11.1 Å². The number of nitrogens with two attached hydrogens (primary N) is 1. The van der Waals surface area contributed by atoms with Crippen molar-refractivity contribution in [2.24, 2.45) is 5.73 Å². The van der Waals surface area contributed by atoms with Gasteiger partial charge in [0.05, 0.1) is 33.6 Å². The molecular weight excluding hydrogens is 399 g/mol. The maximum absolute atomic E-state index is 10.9. The molecule has 0 spiro atoms. The van der Waals surface area contributed by atoms with Crippen LogP contribution in [0, 0.1) is 6.92 Å². The average Bonchev–Trinajstić information content (AvgIpc) is 3.44. The first kappa shape index (κ1) is 19.9. The number of aryl methyl sites for hydroxylation is 1. The number of hydrogen-bond acceptors (Lipinski definition) is 6. The van der Waals surface area contributed by atoms with Gasteiger partial charge in [-0.3, -0.25) is 0 Å². The zero-order valence-corrected chi connectivity index (χ0v) is 17.3. The van der Waals surface area contributed by atoms with Crippen LogP contribution in [0.2, 0.25) is 10.0 Å². The summed E-state index contributed by atoms with van der Waals surface area (Å²) in [5, 5.41) is 21.7. The largest absolute Gasteiger partial charge is 0.390 e. The van der Waals surface area contributed by atoms with Gasteiger partial charge in [0.1, 0.15) is 5.69 Å². The summed E-state index contributed by atoms with van der Waals surface area (Å²) in [5.41, 5.74) is 7.49. The first-order chi connectivity index (χ1) is 13.3. The van der Waals surface area contributed by atoms with E-state index in [4.69, 9.17) is 33.9 Å². The summed E-state index contributed by atoms with van der Waals surface area (Å²) in [7, 11) is 0. The Labute approximate surface area is 174 Å². The van der Waals surface area contributed by atoms with Gasteiger partial charge in [-0.15, -0.1) is 0 Å². The summed E-state index contributed by atoms with van der Waals surface area (Å²) in [5.74, 6) is 0.644. The molecule has 2 fully saturated rings. The third-order valence-corrected chi connectivity index (χ3v) is 6.90. The molecule has 8 heteroatoms. The molecule has 2 aliphatic rings. The van der Waals surface area contributed by atoms with Gasteiger partial charge in [0.15, 0.2) is 5.82 Å². The number of hydrogen-bond donors (Lipinski definition) is 3. The molecule has 28 heavy (non-hydrogen) atoms. The Balaban J connectivity index is 1.64. The van der Waals surface area contributed by atoms with Crippen LogP contribution in [0.3, 0.4) is 0 Å². The molecule has 4 rings (SSSR count). The molecule has 0 atom stereocenters. The summed E-state index contributed by atoms with van der Waals surface area (Å²) in [6.45, 7) is 2.86. The minimum absolute atomic E-state index is 0.241. The van der Waals surface area contributed by atoms with E-state index in [1.165, 1.54) is 0 Å². The van der Waals surface area contributed by atoms with Crippen LogP contribution in [0.4, 0.5) is 5.82 Å². The van der Waals surface area contributed by atoms with Crippen LogP contribution in [-0.4, -0.2) is 44.4 Å². The number of anilines is 1. The fourth-order valence-corrected chi connectivity index (χ4v) is 4.42. The number of aliphatic hydroxyl groups is 2. The maximum atomic E-state index is 10.9. The Morgan fingerprint density at radius 2 is 1.82 bits per heavy atom. The first-order valence-electron chi connectivity index (χ1n) is 9.47. The van der Waals surface area contributed by atoms with E-state index in [0.29, 0.717) is 64.4 Å². The van der Waals surface area contributed by atoms with Crippen molar-refractivity contribution in [2.45, 2.75) is 50.4 Å². The Bertz CT molecular complexity index is 909. The standard InChI is InChI=1S/C20H24Cl2N4O2/c1-12-17(13-3-2-4-14(21)16(13)22)25-15(11-27)18(24-12)26-9-7-20(28,8-10-26)19(23)5-6-19/h2-4,27-28H,5-11,23H2,1H3. The topological polar surface area (TPSA) is 95.5 Å². The van der Waals surface area contributed by atoms with Gasteiger partial charge >= 0.3 is 0 Å². The summed E-state index contributed by atoms with van der Waals surface area (Å²) in [6.07, 6.45) is 2.91. The van der Waals surface area contributed by atoms with Crippen LogP contribution >= 0.6 is 23.2 Å². The van der Waals surface area contributed by atoms with E-state index >= 15 is 0 Å². The quantitative estimate of drug-likeness (QED) is 0.700. The van der Waals surface area contributed by atoms with Crippen molar-refractivity contribution in [1.82, 2.24) is 9.97 Å². The minimum atomic E-state index is -0.820. The highest BCUT2D eigenvalue weighted by Crippen LogP contribution is 2.47. The van der Waals surface area contributed by atoms with Gasteiger partial charge in [-0.1, -0.05) is 35.3 Å². The highest BCUT2D eigenvalue weighted by Gasteiger charge is 2.56. The number of rotatable bonds is 4. The van der Waals surface area contributed by atoms with Crippen molar-refractivity contribution < 1.29 is 10.2 Å². The SMILES string of the molecule is Cc1nc(N2CCC(O)(C3(N)CC3)CC2)c(CO)nc1-c1cccc(Cl)c1Cl. The highest BCUT2D eigenvalue weighted by molar-refractivity contribution is 6.43.